The van der Waals surface area contributed by atoms with Crippen LogP contribution in [0.25, 0.3) is 0 Å². The SMILES string of the molecule is CCOC(=O)c1cnn(C)c1NC(=O)CCl. The van der Waals surface area contributed by atoms with E-state index in [9.17, 15) is 9.59 Å². The van der Waals surface area contributed by atoms with Gasteiger partial charge in [-0.3, -0.25) is 9.48 Å². The molecule has 6 nitrogen and oxygen atoms in total. The first-order chi connectivity index (χ1) is 7.60. The van der Waals surface area contributed by atoms with Crippen LogP contribution in [0, 0.1) is 0 Å². The second-order valence-corrected chi connectivity index (χ2v) is 3.20. The molecule has 0 aliphatic carbocycles. The van der Waals surface area contributed by atoms with Crippen LogP contribution in [0.3, 0.4) is 0 Å². The molecule has 16 heavy (non-hydrogen) atoms. The highest BCUT2D eigenvalue weighted by Gasteiger charge is 2.18. The number of aromatic nitrogens is 2. The molecule has 0 atom stereocenters. The lowest BCUT2D eigenvalue weighted by atomic mass is 10.3. The normalized spacial score (nSPS) is 9.94. The van der Waals surface area contributed by atoms with E-state index in [1.165, 1.54) is 10.9 Å². The molecule has 0 bridgehead atoms. The van der Waals surface area contributed by atoms with Crippen molar-refractivity contribution in [1.82, 2.24) is 9.78 Å². The molecular formula is C9H12ClN3O3. The third-order valence-electron chi connectivity index (χ3n) is 1.81. The maximum atomic E-state index is 11.5. The van der Waals surface area contributed by atoms with Gasteiger partial charge in [-0.25, -0.2) is 4.79 Å². The number of rotatable bonds is 4. The number of hydrogen-bond acceptors (Lipinski definition) is 4. The van der Waals surface area contributed by atoms with Crippen LogP contribution in [-0.2, 0) is 16.6 Å². The van der Waals surface area contributed by atoms with Crippen molar-refractivity contribution >= 4 is 29.3 Å². The van der Waals surface area contributed by atoms with E-state index in [0.29, 0.717) is 0 Å². The summed E-state index contributed by atoms with van der Waals surface area (Å²) in [6, 6.07) is 0. The van der Waals surface area contributed by atoms with Gasteiger partial charge < -0.3 is 10.1 Å². The van der Waals surface area contributed by atoms with E-state index in [2.05, 4.69) is 10.4 Å². The quantitative estimate of drug-likeness (QED) is 0.628. The predicted octanol–water partition coefficient (Wildman–Crippen LogP) is 0.774. The van der Waals surface area contributed by atoms with Gasteiger partial charge in [-0.1, -0.05) is 0 Å². The van der Waals surface area contributed by atoms with E-state index in [0.717, 1.165) is 0 Å². The lowest BCUT2D eigenvalue weighted by Crippen LogP contribution is -2.18. The largest absolute Gasteiger partial charge is 0.462 e. The lowest BCUT2D eigenvalue weighted by molar-refractivity contribution is -0.114. The predicted molar refractivity (Wildman–Crippen MR) is 58.5 cm³/mol. The maximum absolute atomic E-state index is 11.5. The number of aryl methyl sites for hydroxylation is 1. The van der Waals surface area contributed by atoms with Crippen LogP contribution in [0.5, 0.6) is 0 Å². The second kappa shape index (κ2) is 5.50. The summed E-state index contributed by atoms with van der Waals surface area (Å²) in [6.07, 6.45) is 1.34. The number of carbonyl (C=O) groups is 2. The van der Waals surface area contributed by atoms with Crippen molar-refractivity contribution < 1.29 is 14.3 Å². The van der Waals surface area contributed by atoms with Crippen molar-refractivity contribution in [2.45, 2.75) is 6.92 Å². The Hall–Kier alpha value is -1.56. The van der Waals surface area contributed by atoms with Gasteiger partial charge in [0.2, 0.25) is 5.91 Å². The molecule has 1 aromatic rings. The van der Waals surface area contributed by atoms with Gasteiger partial charge >= 0.3 is 5.97 Å². The molecule has 0 unspecified atom stereocenters. The molecule has 1 amide bonds. The van der Waals surface area contributed by atoms with Crippen molar-refractivity contribution in [3.05, 3.63) is 11.8 Å². The first kappa shape index (κ1) is 12.5. The van der Waals surface area contributed by atoms with Gasteiger partial charge in [0.05, 0.1) is 12.8 Å². The van der Waals surface area contributed by atoms with Crippen LogP contribution in [0.1, 0.15) is 17.3 Å². The van der Waals surface area contributed by atoms with Crippen LogP contribution in [0.2, 0.25) is 0 Å². The Morgan fingerprint density at radius 3 is 2.88 bits per heavy atom. The molecule has 0 fully saturated rings. The zero-order valence-electron chi connectivity index (χ0n) is 8.99. The van der Waals surface area contributed by atoms with E-state index >= 15 is 0 Å². The molecule has 0 radical (unpaired) electrons. The zero-order valence-corrected chi connectivity index (χ0v) is 9.74. The highest BCUT2D eigenvalue weighted by Crippen LogP contribution is 2.15. The molecule has 88 valence electrons. The van der Waals surface area contributed by atoms with Gasteiger partial charge in [0, 0.05) is 7.05 Å². The summed E-state index contributed by atoms with van der Waals surface area (Å²) < 4.78 is 6.19. The summed E-state index contributed by atoms with van der Waals surface area (Å²) in [5, 5.41) is 6.34. The summed E-state index contributed by atoms with van der Waals surface area (Å²) in [7, 11) is 1.60. The fraction of sp³-hybridized carbons (Fsp3) is 0.444. The topological polar surface area (TPSA) is 73.2 Å². The minimum Gasteiger partial charge on any atom is -0.462 e. The van der Waals surface area contributed by atoms with Gasteiger partial charge in [-0.05, 0) is 6.92 Å². The number of anilines is 1. The van der Waals surface area contributed by atoms with Crippen molar-refractivity contribution in [3.8, 4) is 0 Å². The number of nitrogens with zero attached hydrogens (tertiary/aromatic N) is 2. The van der Waals surface area contributed by atoms with Gasteiger partial charge in [0.1, 0.15) is 17.3 Å². The smallest absolute Gasteiger partial charge is 0.343 e. The fourth-order valence-electron chi connectivity index (χ4n) is 1.11. The number of nitrogens with one attached hydrogen (secondary N) is 1. The van der Waals surface area contributed by atoms with Crippen molar-refractivity contribution in [1.29, 1.82) is 0 Å². The molecule has 1 rings (SSSR count). The monoisotopic (exact) mass is 245 g/mol. The number of hydrogen-bond donors (Lipinski definition) is 1. The first-order valence-electron chi connectivity index (χ1n) is 4.65. The Morgan fingerprint density at radius 2 is 2.31 bits per heavy atom. The molecule has 0 spiro atoms. The summed E-state index contributed by atoms with van der Waals surface area (Å²) in [5.74, 6) is -0.839. The van der Waals surface area contributed by atoms with Crippen molar-refractivity contribution in [2.24, 2.45) is 7.05 Å². The fourth-order valence-corrected chi connectivity index (χ4v) is 1.18. The third kappa shape index (κ3) is 2.73. The van der Waals surface area contributed by atoms with Crippen LogP contribution >= 0.6 is 11.6 Å². The Kier molecular flexibility index (Phi) is 4.30. The maximum Gasteiger partial charge on any atom is 0.343 e. The highest BCUT2D eigenvalue weighted by atomic mass is 35.5. The van der Waals surface area contributed by atoms with Gasteiger partial charge in [-0.15, -0.1) is 11.6 Å². The summed E-state index contributed by atoms with van der Waals surface area (Å²) in [4.78, 5) is 22.6. The molecule has 1 N–H and O–H groups in total. The molecule has 0 aliphatic heterocycles. The van der Waals surface area contributed by atoms with Crippen LogP contribution in [0.4, 0.5) is 5.82 Å². The van der Waals surface area contributed by atoms with E-state index in [1.807, 2.05) is 0 Å². The Bertz CT molecular complexity index is 403. The number of alkyl halides is 1. The van der Waals surface area contributed by atoms with E-state index in [-0.39, 0.29) is 23.9 Å². The average molecular weight is 246 g/mol. The highest BCUT2D eigenvalue weighted by molar-refractivity contribution is 6.29. The molecule has 0 saturated carbocycles. The average Bonchev–Trinajstić information content (AvgIpc) is 2.61. The molecular weight excluding hydrogens is 234 g/mol. The van der Waals surface area contributed by atoms with E-state index in [4.69, 9.17) is 16.3 Å². The molecule has 7 heteroatoms. The van der Waals surface area contributed by atoms with E-state index in [1.54, 1.807) is 14.0 Å². The molecule has 1 heterocycles. The van der Waals surface area contributed by atoms with E-state index < -0.39 is 11.9 Å². The van der Waals surface area contributed by atoms with Gasteiger partial charge in [0.25, 0.3) is 0 Å². The van der Waals surface area contributed by atoms with Crippen molar-refractivity contribution in [3.63, 3.8) is 0 Å². The lowest BCUT2D eigenvalue weighted by Gasteiger charge is -2.06. The number of esters is 1. The Morgan fingerprint density at radius 1 is 1.62 bits per heavy atom. The molecule has 0 aromatic carbocycles. The van der Waals surface area contributed by atoms with Gasteiger partial charge in [-0.2, -0.15) is 5.10 Å². The third-order valence-corrected chi connectivity index (χ3v) is 2.06. The van der Waals surface area contributed by atoms with Gasteiger partial charge in [0.15, 0.2) is 0 Å². The first-order valence-corrected chi connectivity index (χ1v) is 5.18. The second-order valence-electron chi connectivity index (χ2n) is 2.93. The van der Waals surface area contributed by atoms with Crippen molar-refractivity contribution in [2.75, 3.05) is 17.8 Å². The molecule has 0 aliphatic rings. The summed E-state index contributed by atoms with van der Waals surface area (Å²) in [5.41, 5.74) is 0.211. The summed E-state index contributed by atoms with van der Waals surface area (Å²) in [6.45, 7) is 1.96. The minimum absolute atomic E-state index is 0.187. The number of ether oxygens (including phenoxy) is 1. The standard InChI is InChI=1S/C9H12ClN3O3/c1-3-16-9(15)6-5-11-13(2)8(6)12-7(14)4-10/h5H,3-4H2,1-2H3,(H,12,14). The Labute approximate surface area is 97.5 Å². The molecule has 0 saturated heterocycles. The number of carbonyl (C=O) groups excluding carboxylic acids is 2. The Balaban J connectivity index is 2.93. The number of halogens is 1. The summed E-state index contributed by atoms with van der Waals surface area (Å²) >= 11 is 5.36. The van der Waals surface area contributed by atoms with Crippen LogP contribution < -0.4 is 5.32 Å². The van der Waals surface area contributed by atoms with Crippen LogP contribution in [0.15, 0.2) is 6.20 Å². The molecule has 1 aromatic heterocycles. The minimum atomic E-state index is -0.527. The number of amides is 1. The van der Waals surface area contributed by atoms with Crippen LogP contribution in [-0.4, -0.2) is 34.1 Å². The zero-order chi connectivity index (χ0) is 12.1.